The zero-order chi connectivity index (χ0) is 10.5. The molecule has 2 fully saturated rings. The second-order valence-corrected chi connectivity index (χ2v) is 4.75. The third-order valence-corrected chi connectivity index (χ3v) is 2.97. The summed E-state index contributed by atoms with van der Waals surface area (Å²) in [7, 11) is 0. The number of piperidine rings is 1. The summed E-state index contributed by atoms with van der Waals surface area (Å²) in [5, 5.41) is 12.8. The fraction of sp³-hybridized carbons (Fsp3) is 0.889. The van der Waals surface area contributed by atoms with Crippen molar-refractivity contribution >= 4 is 17.2 Å². The Balaban J connectivity index is 2.22. The molecule has 2 aliphatic rings. The van der Waals surface area contributed by atoms with E-state index in [9.17, 15) is 5.11 Å². The van der Waals surface area contributed by atoms with E-state index in [-0.39, 0.29) is 18.2 Å². The third kappa shape index (κ3) is 1.54. The van der Waals surface area contributed by atoms with E-state index in [0.29, 0.717) is 4.99 Å². The molecule has 4 nitrogen and oxygen atoms in total. The highest BCUT2D eigenvalue weighted by Crippen LogP contribution is 2.33. The fourth-order valence-corrected chi connectivity index (χ4v) is 2.31. The van der Waals surface area contributed by atoms with Crippen LogP contribution in [0.1, 0.15) is 20.8 Å². The van der Waals surface area contributed by atoms with Crippen LogP contribution in [-0.2, 0) is 9.47 Å². The van der Waals surface area contributed by atoms with Gasteiger partial charge in [0.1, 0.15) is 23.3 Å². The molecule has 2 saturated heterocycles. The molecular weight excluding hydrogens is 202 g/mol. The van der Waals surface area contributed by atoms with Crippen molar-refractivity contribution in [3.05, 3.63) is 0 Å². The van der Waals surface area contributed by atoms with Gasteiger partial charge < -0.3 is 19.9 Å². The van der Waals surface area contributed by atoms with E-state index >= 15 is 0 Å². The predicted molar refractivity (Wildman–Crippen MR) is 55.0 cm³/mol. The molecular formula is C9H15NO3S. The molecule has 0 spiro atoms. The number of nitrogens with one attached hydrogen (secondary N) is 1. The Morgan fingerprint density at radius 3 is 2.57 bits per heavy atom. The quantitative estimate of drug-likeness (QED) is 0.567. The summed E-state index contributed by atoms with van der Waals surface area (Å²) in [4.78, 5) is 0.444. The average Bonchev–Trinajstić information content (AvgIpc) is 2.38. The Labute approximate surface area is 88.6 Å². The Bertz CT molecular complexity index is 269. The number of thiocarbonyl (C=S) groups is 1. The molecule has 0 unspecified atom stereocenters. The normalized spacial score (nSPS) is 45.9. The topological polar surface area (TPSA) is 50.7 Å². The predicted octanol–water partition coefficient (Wildman–Crippen LogP) is 0.186. The first kappa shape index (κ1) is 10.3. The van der Waals surface area contributed by atoms with Gasteiger partial charge in [-0.2, -0.15) is 0 Å². The van der Waals surface area contributed by atoms with Crippen molar-refractivity contribution in [2.75, 3.05) is 0 Å². The first-order valence-electron chi connectivity index (χ1n) is 4.75. The fourth-order valence-electron chi connectivity index (χ4n) is 1.99. The van der Waals surface area contributed by atoms with E-state index in [1.54, 1.807) is 0 Å². The summed E-state index contributed by atoms with van der Waals surface area (Å²) in [6.07, 6.45) is -1.23. The van der Waals surface area contributed by atoms with Gasteiger partial charge in [-0.15, -0.1) is 0 Å². The lowest BCUT2D eigenvalue weighted by molar-refractivity contribution is -0.151. The molecule has 0 aromatic carbocycles. The van der Waals surface area contributed by atoms with Crippen molar-refractivity contribution in [2.24, 2.45) is 0 Å². The number of aliphatic hydroxyl groups is 1. The largest absolute Gasteiger partial charge is 0.383 e. The summed E-state index contributed by atoms with van der Waals surface area (Å²) in [6, 6.07) is 0.0812. The third-order valence-electron chi connectivity index (χ3n) is 2.61. The lowest BCUT2D eigenvalue weighted by Gasteiger charge is -2.34. The molecule has 0 amide bonds. The maximum absolute atomic E-state index is 9.79. The molecule has 0 aliphatic carbocycles. The van der Waals surface area contributed by atoms with Gasteiger partial charge in [0.25, 0.3) is 0 Å². The van der Waals surface area contributed by atoms with E-state index in [4.69, 9.17) is 21.7 Å². The molecule has 2 N–H and O–H groups in total. The van der Waals surface area contributed by atoms with E-state index in [1.165, 1.54) is 0 Å². The summed E-state index contributed by atoms with van der Waals surface area (Å²) >= 11 is 5.01. The van der Waals surface area contributed by atoms with Gasteiger partial charge in [0.2, 0.25) is 0 Å². The second-order valence-electron chi connectivity index (χ2n) is 4.31. The highest BCUT2D eigenvalue weighted by molar-refractivity contribution is 7.80. The smallest absolute Gasteiger partial charge is 0.164 e. The van der Waals surface area contributed by atoms with Crippen LogP contribution in [0.2, 0.25) is 0 Å². The van der Waals surface area contributed by atoms with Gasteiger partial charge in [-0.05, 0) is 20.8 Å². The number of fused-ring (bicyclic) bond motifs is 1. The number of rotatable bonds is 0. The van der Waals surface area contributed by atoms with Crippen LogP contribution in [0.3, 0.4) is 0 Å². The second kappa shape index (κ2) is 3.13. The summed E-state index contributed by atoms with van der Waals surface area (Å²) in [5.74, 6) is -0.633. The van der Waals surface area contributed by atoms with Crippen molar-refractivity contribution in [2.45, 2.75) is 50.9 Å². The molecule has 0 radical (unpaired) electrons. The number of hydrogen-bond donors (Lipinski definition) is 2. The maximum Gasteiger partial charge on any atom is 0.164 e. The van der Waals surface area contributed by atoms with Crippen LogP contribution in [0.5, 0.6) is 0 Å². The monoisotopic (exact) mass is 217 g/mol. The van der Waals surface area contributed by atoms with Crippen LogP contribution >= 0.6 is 12.2 Å². The molecule has 2 heterocycles. The van der Waals surface area contributed by atoms with Crippen molar-refractivity contribution in [3.8, 4) is 0 Å². The zero-order valence-corrected chi connectivity index (χ0v) is 9.30. The summed E-state index contributed by atoms with van der Waals surface area (Å²) in [6.45, 7) is 5.65. The van der Waals surface area contributed by atoms with Crippen LogP contribution in [0.4, 0.5) is 0 Å². The van der Waals surface area contributed by atoms with Gasteiger partial charge in [-0.25, -0.2) is 0 Å². The number of ether oxygens (including phenoxy) is 2. The van der Waals surface area contributed by atoms with Crippen LogP contribution in [0.25, 0.3) is 0 Å². The van der Waals surface area contributed by atoms with Gasteiger partial charge in [-0.1, -0.05) is 12.2 Å². The van der Waals surface area contributed by atoms with Crippen molar-refractivity contribution in [1.29, 1.82) is 0 Å². The Morgan fingerprint density at radius 2 is 1.93 bits per heavy atom. The first-order valence-corrected chi connectivity index (χ1v) is 5.15. The minimum absolute atomic E-state index is 0.0812. The van der Waals surface area contributed by atoms with Crippen molar-refractivity contribution in [1.82, 2.24) is 5.32 Å². The molecule has 14 heavy (non-hydrogen) atoms. The molecule has 0 saturated carbocycles. The highest BCUT2D eigenvalue weighted by atomic mass is 32.1. The van der Waals surface area contributed by atoms with Crippen molar-refractivity contribution < 1.29 is 14.6 Å². The molecule has 80 valence electrons. The molecule has 2 aliphatic heterocycles. The Kier molecular flexibility index (Phi) is 2.30. The van der Waals surface area contributed by atoms with E-state index < -0.39 is 11.9 Å². The van der Waals surface area contributed by atoms with E-state index in [0.717, 1.165) is 0 Å². The van der Waals surface area contributed by atoms with Crippen LogP contribution < -0.4 is 5.32 Å². The molecule has 0 bridgehead atoms. The lowest BCUT2D eigenvalue weighted by atomic mass is 9.97. The summed E-state index contributed by atoms with van der Waals surface area (Å²) in [5.41, 5.74) is 0. The van der Waals surface area contributed by atoms with Gasteiger partial charge in [0.05, 0.1) is 6.04 Å². The van der Waals surface area contributed by atoms with Crippen LogP contribution in [0, 0.1) is 0 Å². The minimum atomic E-state index is -0.757. The molecule has 2 rings (SSSR count). The van der Waals surface area contributed by atoms with Gasteiger partial charge in [0, 0.05) is 0 Å². The molecule has 0 aromatic heterocycles. The van der Waals surface area contributed by atoms with Gasteiger partial charge in [0.15, 0.2) is 5.79 Å². The lowest BCUT2D eigenvalue weighted by Crippen LogP contribution is -2.59. The molecule has 5 heteroatoms. The van der Waals surface area contributed by atoms with Gasteiger partial charge >= 0.3 is 0 Å². The minimum Gasteiger partial charge on any atom is -0.383 e. The van der Waals surface area contributed by atoms with E-state index in [2.05, 4.69) is 5.32 Å². The van der Waals surface area contributed by atoms with Crippen LogP contribution in [-0.4, -0.2) is 40.2 Å². The number of aliphatic hydroxyl groups excluding tert-OH is 1. The molecule has 4 atom stereocenters. The van der Waals surface area contributed by atoms with Gasteiger partial charge in [-0.3, -0.25) is 0 Å². The standard InChI is InChI=1S/C9H15NO3S/c1-4-6-7(5(11)8(14)10-4)13-9(2,3)12-6/h4-7,11H,1-3H3,(H,10,14)/t4-,5-,6+,7-/m0/s1. The number of hydrogen-bond acceptors (Lipinski definition) is 4. The van der Waals surface area contributed by atoms with E-state index in [1.807, 2.05) is 20.8 Å². The molecule has 0 aromatic rings. The summed E-state index contributed by atoms with van der Waals surface area (Å²) < 4.78 is 11.3. The zero-order valence-electron chi connectivity index (χ0n) is 8.48. The van der Waals surface area contributed by atoms with Crippen LogP contribution in [0.15, 0.2) is 0 Å². The Morgan fingerprint density at radius 1 is 1.36 bits per heavy atom. The van der Waals surface area contributed by atoms with Crippen molar-refractivity contribution in [3.63, 3.8) is 0 Å². The maximum atomic E-state index is 9.79. The average molecular weight is 217 g/mol. The highest BCUT2D eigenvalue weighted by Gasteiger charge is 2.51. The first-order chi connectivity index (χ1) is 6.41. The Hall–Kier alpha value is -0.230. The SMILES string of the molecule is C[C@@H]1NC(=S)[C@@H](O)[C@@H]2OC(C)(C)O[C@@H]21.